The van der Waals surface area contributed by atoms with E-state index in [0.29, 0.717) is 17.8 Å². The van der Waals surface area contributed by atoms with Crippen molar-refractivity contribution in [3.8, 4) is 6.07 Å². The third-order valence-corrected chi connectivity index (χ3v) is 2.69. The Morgan fingerprint density at radius 2 is 2.20 bits per heavy atom. The van der Waals surface area contributed by atoms with Crippen molar-refractivity contribution >= 4 is 11.7 Å². The highest BCUT2D eigenvalue weighted by Crippen LogP contribution is 2.08. The molecule has 20 heavy (non-hydrogen) atoms. The molecule has 1 heterocycles. The van der Waals surface area contributed by atoms with Crippen molar-refractivity contribution in [1.82, 2.24) is 4.98 Å². The standard InChI is InChI=1S/C15H12FN3O/c16-13-3-1-2-11(8-13)5-7-15(20)19-14-6-4-12(9-17)10-18-14/h1-4,6,8,10H,5,7H2,(H,18,19,20). The Morgan fingerprint density at radius 1 is 1.35 bits per heavy atom. The molecule has 0 fully saturated rings. The lowest BCUT2D eigenvalue weighted by Gasteiger charge is -2.04. The summed E-state index contributed by atoms with van der Waals surface area (Å²) in [5.74, 6) is -0.114. The van der Waals surface area contributed by atoms with Gasteiger partial charge >= 0.3 is 0 Å². The van der Waals surface area contributed by atoms with Crippen LogP contribution in [0.4, 0.5) is 10.2 Å². The van der Waals surface area contributed by atoms with Crippen molar-refractivity contribution in [2.75, 3.05) is 5.32 Å². The summed E-state index contributed by atoms with van der Waals surface area (Å²) in [6.07, 6.45) is 2.09. The molecular weight excluding hydrogens is 257 g/mol. The smallest absolute Gasteiger partial charge is 0.225 e. The first-order chi connectivity index (χ1) is 9.67. The second-order valence-corrected chi connectivity index (χ2v) is 4.22. The van der Waals surface area contributed by atoms with Gasteiger partial charge in [0.1, 0.15) is 17.7 Å². The van der Waals surface area contributed by atoms with Gasteiger partial charge in [0.2, 0.25) is 5.91 Å². The number of carbonyl (C=O) groups is 1. The van der Waals surface area contributed by atoms with Gasteiger partial charge in [-0.15, -0.1) is 0 Å². The molecule has 0 aliphatic heterocycles. The van der Waals surface area contributed by atoms with E-state index in [9.17, 15) is 9.18 Å². The number of benzene rings is 1. The van der Waals surface area contributed by atoms with Crippen LogP contribution in [0.25, 0.3) is 0 Å². The maximum atomic E-state index is 13.0. The average Bonchev–Trinajstić information content (AvgIpc) is 2.46. The fraction of sp³-hybridized carbons (Fsp3) is 0.133. The lowest BCUT2D eigenvalue weighted by molar-refractivity contribution is -0.116. The molecule has 0 aliphatic carbocycles. The molecule has 5 heteroatoms. The molecule has 1 amide bonds. The maximum Gasteiger partial charge on any atom is 0.225 e. The van der Waals surface area contributed by atoms with Crippen LogP contribution >= 0.6 is 0 Å². The van der Waals surface area contributed by atoms with Gasteiger partial charge in [-0.2, -0.15) is 5.26 Å². The normalized spacial score (nSPS) is 9.80. The summed E-state index contributed by atoms with van der Waals surface area (Å²) in [4.78, 5) is 15.7. The van der Waals surface area contributed by atoms with E-state index in [1.165, 1.54) is 18.3 Å². The minimum atomic E-state index is -0.309. The quantitative estimate of drug-likeness (QED) is 0.928. The van der Waals surface area contributed by atoms with Crippen LogP contribution < -0.4 is 5.32 Å². The van der Waals surface area contributed by atoms with Gasteiger partial charge < -0.3 is 5.32 Å². The zero-order valence-electron chi connectivity index (χ0n) is 10.6. The maximum absolute atomic E-state index is 13.0. The predicted molar refractivity (Wildman–Crippen MR) is 72.3 cm³/mol. The van der Waals surface area contributed by atoms with Gasteiger partial charge in [0.25, 0.3) is 0 Å². The van der Waals surface area contributed by atoms with E-state index in [-0.39, 0.29) is 18.1 Å². The number of carbonyl (C=O) groups excluding carboxylic acids is 1. The van der Waals surface area contributed by atoms with Crippen LogP contribution in [0.1, 0.15) is 17.5 Å². The van der Waals surface area contributed by atoms with Gasteiger partial charge in [0, 0.05) is 12.6 Å². The van der Waals surface area contributed by atoms with Crippen LogP contribution in [0.15, 0.2) is 42.6 Å². The van der Waals surface area contributed by atoms with E-state index in [0.717, 1.165) is 5.56 Å². The third kappa shape index (κ3) is 3.89. The Labute approximate surface area is 115 Å². The van der Waals surface area contributed by atoms with Gasteiger partial charge in [0.05, 0.1) is 5.56 Å². The summed E-state index contributed by atoms with van der Waals surface area (Å²) in [5.41, 5.74) is 1.20. The first-order valence-corrected chi connectivity index (χ1v) is 6.08. The molecule has 0 aliphatic rings. The van der Waals surface area contributed by atoms with E-state index >= 15 is 0 Å². The van der Waals surface area contributed by atoms with Crippen molar-refractivity contribution in [2.45, 2.75) is 12.8 Å². The summed E-state index contributed by atoms with van der Waals surface area (Å²) in [6, 6.07) is 11.3. The Bertz CT molecular complexity index is 647. The fourth-order valence-corrected chi connectivity index (χ4v) is 1.69. The largest absolute Gasteiger partial charge is 0.311 e. The average molecular weight is 269 g/mol. The Morgan fingerprint density at radius 3 is 2.85 bits per heavy atom. The Hall–Kier alpha value is -2.74. The number of nitrogens with one attached hydrogen (secondary N) is 1. The molecule has 1 aromatic heterocycles. The first kappa shape index (κ1) is 13.7. The van der Waals surface area contributed by atoms with Gasteiger partial charge in [-0.3, -0.25) is 4.79 Å². The highest BCUT2D eigenvalue weighted by molar-refractivity contribution is 5.89. The molecule has 100 valence electrons. The van der Waals surface area contributed by atoms with Gasteiger partial charge in [-0.05, 0) is 36.2 Å². The van der Waals surface area contributed by atoms with Crippen molar-refractivity contribution in [1.29, 1.82) is 5.26 Å². The van der Waals surface area contributed by atoms with E-state index in [1.807, 2.05) is 6.07 Å². The predicted octanol–water partition coefficient (Wildman–Crippen LogP) is 2.66. The number of rotatable bonds is 4. The van der Waals surface area contributed by atoms with E-state index in [2.05, 4.69) is 10.3 Å². The second kappa shape index (κ2) is 6.43. The summed E-state index contributed by atoms with van der Waals surface area (Å²) < 4.78 is 13.0. The summed E-state index contributed by atoms with van der Waals surface area (Å²) in [5, 5.41) is 11.3. The van der Waals surface area contributed by atoms with Crippen LogP contribution in [0.3, 0.4) is 0 Å². The van der Waals surface area contributed by atoms with Crippen LogP contribution in [0, 0.1) is 17.1 Å². The Balaban J connectivity index is 1.87. The van der Waals surface area contributed by atoms with Crippen molar-refractivity contribution < 1.29 is 9.18 Å². The first-order valence-electron chi connectivity index (χ1n) is 6.08. The van der Waals surface area contributed by atoms with Crippen molar-refractivity contribution in [3.05, 3.63) is 59.5 Å². The summed E-state index contributed by atoms with van der Waals surface area (Å²) in [7, 11) is 0. The molecule has 0 unspecified atom stereocenters. The number of aryl methyl sites for hydroxylation is 1. The number of nitrogens with zero attached hydrogens (tertiary/aromatic N) is 2. The summed E-state index contributed by atoms with van der Waals surface area (Å²) >= 11 is 0. The SMILES string of the molecule is N#Cc1ccc(NC(=O)CCc2cccc(F)c2)nc1. The number of hydrogen-bond acceptors (Lipinski definition) is 3. The van der Waals surface area contributed by atoms with E-state index in [4.69, 9.17) is 5.26 Å². The van der Waals surface area contributed by atoms with Crippen LogP contribution in [0.2, 0.25) is 0 Å². The number of pyridine rings is 1. The number of hydrogen-bond donors (Lipinski definition) is 1. The van der Waals surface area contributed by atoms with Crippen LogP contribution in [-0.2, 0) is 11.2 Å². The molecule has 0 bridgehead atoms. The Kier molecular flexibility index (Phi) is 4.40. The molecule has 0 spiro atoms. The number of aromatic nitrogens is 1. The molecule has 2 aromatic rings. The van der Waals surface area contributed by atoms with Gasteiger partial charge in [-0.1, -0.05) is 12.1 Å². The lowest BCUT2D eigenvalue weighted by atomic mass is 10.1. The number of anilines is 1. The van der Waals surface area contributed by atoms with Crippen molar-refractivity contribution in [2.24, 2.45) is 0 Å². The zero-order chi connectivity index (χ0) is 14.4. The fourth-order valence-electron chi connectivity index (χ4n) is 1.69. The molecule has 0 saturated carbocycles. The zero-order valence-corrected chi connectivity index (χ0v) is 10.6. The number of amides is 1. The minimum absolute atomic E-state index is 0.202. The van der Waals surface area contributed by atoms with E-state index < -0.39 is 0 Å². The molecule has 0 saturated heterocycles. The highest BCUT2D eigenvalue weighted by Gasteiger charge is 2.04. The molecule has 0 radical (unpaired) electrons. The number of halogens is 1. The topological polar surface area (TPSA) is 65.8 Å². The number of nitriles is 1. The van der Waals surface area contributed by atoms with Crippen molar-refractivity contribution in [3.63, 3.8) is 0 Å². The van der Waals surface area contributed by atoms with Crippen LogP contribution in [0.5, 0.6) is 0 Å². The van der Waals surface area contributed by atoms with Crippen LogP contribution in [-0.4, -0.2) is 10.9 Å². The molecule has 2 rings (SSSR count). The lowest BCUT2D eigenvalue weighted by Crippen LogP contribution is -2.13. The monoisotopic (exact) mass is 269 g/mol. The molecular formula is C15H12FN3O. The van der Waals surface area contributed by atoms with E-state index in [1.54, 1.807) is 24.3 Å². The molecule has 1 N–H and O–H groups in total. The van der Waals surface area contributed by atoms with Gasteiger partial charge in [-0.25, -0.2) is 9.37 Å². The third-order valence-electron chi connectivity index (χ3n) is 2.69. The summed E-state index contributed by atoms with van der Waals surface area (Å²) in [6.45, 7) is 0. The van der Waals surface area contributed by atoms with Gasteiger partial charge in [0.15, 0.2) is 0 Å². The minimum Gasteiger partial charge on any atom is -0.311 e. The highest BCUT2D eigenvalue weighted by atomic mass is 19.1. The second-order valence-electron chi connectivity index (χ2n) is 4.22. The molecule has 4 nitrogen and oxygen atoms in total. The molecule has 0 atom stereocenters. The molecule has 1 aromatic carbocycles.